The maximum Gasteiger partial charge on any atom is 0.225 e. The molecule has 14 heavy (non-hydrogen) atoms. The van der Waals surface area contributed by atoms with Gasteiger partial charge in [0, 0.05) is 32.1 Å². The van der Waals surface area contributed by atoms with E-state index in [0.717, 1.165) is 0 Å². The molecule has 0 heterocycles. The summed E-state index contributed by atoms with van der Waals surface area (Å²) < 4.78 is 0. The fourth-order valence-electron chi connectivity index (χ4n) is 1.15. The third-order valence-corrected chi connectivity index (χ3v) is 1.87. The highest BCUT2D eigenvalue weighted by molar-refractivity contribution is 5.78. The Bertz CT molecular complexity index is 162. The van der Waals surface area contributed by atoms with E-state index >= 15 is 0 Å². The Morgan fingerprint density at radius 3 is 2.57 bits per heavy atom. The van der Waals surface area contributed by atoms with Crippen molar-refractivity contribution in [3.8, 4) is 0 Å². The van der Waals surface area contributed by atoms with Crippen molar-refractivity contribution >= 4 is 5.91 Å². The molecule has 0 saturated carbocycles. The van der Waals surface area contributed by atoms with E-state index in [1.807, 2.05) is 13.8 Å². The van der Waals surface area contributed by atoms with Crippen LogP contribution in [0.5, 0.6) is 0 Å². The minimum Gasteiger partial charge on any atom is -0.381 e. The summed E-state index contributed by atoms with van der Waals surface area (Å²) in [6, 6.07) is 0. The lowest BCUT2D eigenvalue weighted by atomic mass is 10.2. The lowest BCUT2D eigenvalue weighted by Crippen LogP contribution is -2.42. The number of hydrogen-bond acceptors (Lipinski definition) is 4. The third-order valence-electron chi connectivity index (χ3n) is 1.87. The summed E-state index contributed by atoms with van der Waals surface area (Å²) in [6.07, 6.45) is 0. The van der Waals surface area contributed by atoms with Gasteiger partial charge in [0.2, 0.25) is 5.91 Å². The minimum absolute atomic E-state index is 0.00400. The molecule has 0 unspecified atom stereocenters. The van der Waals surface area contributed by atoms with Crippen molar-refractivity contribution in [1.29, 1.82) is 0 Å². The van der Waals surface area contributed by atoms with Crippen LogP contribution in [-0.2, 0) is 4.79 Å². The summed E-state index contributed by atoms with van der Waals surface area (Å²) in [5.74, 6) is 0.103. The maximum atomic E-state index is 11.6. The predicted molar refractivity (Wildman–Crippen MR) is 55.6 cm³/mol. The first-order chi connectivity index (χ1) is 6.63. The second kappa shape index (κ2) is 7.73. The van der Waals surface area contributed by atoms with Gasteiger partial charge in [0.1, 0.15) is 0 Å². The van der Waals surface area contributed by atoms with Crippen LogP contribution < -0.4 is 11.1 Å². The number of nitrogens with one attached hydrogen (secondary N) is 1. The Hall–Kier alpha value is -0.650. The van der Waals surface area contributed by atoms with Crippen LogP contribution in [0, 0.1) is 5.92 Å². The van der Waals surface area contributed by atoms with E-state index in [4.69, 9.17) is 10.8 Å². The number of amides is 1. The Morgan fingerprint density at radius 2 is 2.14 bits per heavy atom. The quantitative estimate of drug-likeness (QED) is 0.365. The van der Waals surface area contributed by atoms with E-state index in [1.165, 1.54) is 0 Å². The van der Waals surface area contributed by atoms with Crippen LogP contribution in [-0.4, -0.2) is 48.8 Å². The third kappa shape index (κ3) is 5.16. The Labute approximate surface area is 85.3 Å². The summed E-state index contributed by atoms with van der Waals surface area (Å²) in [5, 5.41) is 11.3. The lowest BCUT2D eigenvalue weighted by Gasteiger charge is -2.23. The zero-order valence-corrected chi connectivity index (χ0v) is 8.99. The van der Waals surface area contributed by atoms with Gasteiger partial charge in [0.05, 0.1) is 6.73 Å². The maximum absolute atomic E-state index is 11.6. The molecule has 0 spiro atoms. The summed E-state index contributed by atoms with van der Waals surface area (Å²) in [5.41, 5.74) is 5.41. The summed E-state index contributed by atoms with van der Waals surface area (Å²) >= 11 is 0. The molecule has 0 aromatic heterocycles. The number of aliphatic hydroxyl groups is 1. The van der Waals surface area contributed by atoms with Crippen molar-refractivity contribution in [2.75, 3.05) is 32.9 Å². The van der Waals surface area contributed by atoms with Gasteiger partial charge >= 0.3 is 0 Å². The van der Waals surface area contributed by atoms with Crippen LogP contribution in [0.1, 0.15) is 13.8 Å². The molecule has 1 amide bonds. The molecule has 0 saturated heterocycles. The van der Waals surface area contributed by atoms with Crippen LogP contribution in [0.15, 0.2) is 0 Å². The average molecular weight is 203 g/mol. The molecule has 4 N–H and O–H groups in total. The van der Waals surface area contributed by atoms with E-state index < -0.39 is 0 Å². The van der Waals surface area contributed by atoms with Gasteiger partial charge in [-0.3, -0.25) is 10.1 Å². The topological polar surface area (TPSA) is 78.6 Å². The number of carbonyl (C=O) groups excluding carboxylic acids is 1. The van der Waals surface area contributed by atoms with Gasteiger partial charge in [-0.05, 0) is 0 Å². The predicted octanol–water partition coefficient (Wildman–Crippen LogP) is -1.03. The molecule has 0 aliphatic carbocycles. The van der Waals surface area contributed by atoms with Gasteiger partial charge in [-0.25, -0.2) is 0 Å². The summed E-state index contributed by atoms with van der Waals surface area (Å²) in [6.45, 7) is 5.90. The van der Waals surface area contributed by atoms with E-state index in [-0.39, 0.29) is 18.6 Å². The van der Waals surface area contributed by atoms with Crippen LogP contribution in [0.4, 0.5) is 0 Å². The smallest absolute Gasteiger partial charge is 0.225 e. The number of nitrogens with zero attached hydrogens (tertiary/aromatic N) is 1. The summed E-state index contributed by atoms with van der Waals surface area (Å²) in [4.78, 5) is 13.3. The second-order valence-corrected chi connectivity index (χ2v) is 3.43. The number of hydrogen-bond donors (Lipinski definition) is 3. The first kappa shape index (κ1) is 13.4. The average Bonchev–Trinajstić information content (AvgIpc) is 2.15. The van der Waals surface area contributed by atoms with Crippen LogP contribution >= 0.6 is 0 Å². The molecule has 0 aromatic rings. The van der Waals surface area contributed by atoms with Gasteiger partial charge in [0.25, 0.3) is 0 Å². The van der Waals surface area contributed by atoms with Crippen LogP contribution in [0.3, 0.4) is 0 Å². The van der Waals surface area contributed by atoms with Gasteiger partial charge in [-0.15, -0.1) is 0 Å². The first-order valence-electron chi connectivity index (χ1n) is 4.94. The van der Waals surface area contributed by atoms with Crippen molar-refractivity contribution in [3.63, 3.8) is 0 Å². The molecule has 5 heteroatoms. The largest absolute Gasteiger partial charge is 0.381 e. The van der Waals surface area contributed by atoms with Crippen LogP contribution in [0.25, 0.3) is 0 Å². The standard InChI is InChI=1S/C9H21N3O2/c1-8(2)9(14)12(5-3-10)6-4-11-7-13/h8,11,13H,3-7,10H2,1-2H3. The Balaban J connectivity index is 3.94. The van der Waals surface area contributed by atoms with Crippen molar-refractivity contribution in [1.82, 2.24) is 10.2 Å². The zero-order valence-electron chi connectivity index (χ0n) is 8.99. The number of nitrogens with two attached hydrogens (primary N) is 1. The fourth-order valence-corrected chi connectivity index (χ4v) is 1.15. The van der Waals surface area contributed by atoms with Crippen molar-refractivity contribution in [3.05, 3.63) is 0 Å². The normalized spacial score (nSPS) is 10.6. The molecule has 0 bridgehead atoms. The number of carbonyl (C=O) groups is 1. The molecular weight excluding hydrogens is 182 g/mol. The highest BCUT2D eigenvalue weighted by Crippen LogP contribution is 1.99. The summed E-state index contributed by atoms with van der Waals surface area (Å²) in [7, 11) is 0. The van der Waals surface area contributed by atoms with Gasteiger partial charge < -0.3 is 15.7 Å². The monoisotopic (exact) mass is 203 g/mol. The van der Waals surface area contributed by atoms with Crippen molar-refractivity contribution in [2.45, 2.75) is 13.8 Å². The molecule has 0 rings (SSSR count). The van der Waals surface area contributed by atoms with Crippen LogP contribution in [0.2, 0.25) is 0 Å². The van der Waals surface area contributed by atoms with Gasteiger partial charge in [-0.2, -0.15) is 0 Å². The highest BCUT2D eigenvalue weighted by atomic mass is 16.3. The van der Waals surface area contributed by atoms with E-state index in [9.17, 15) is 4.79 Å². The van der Waals surface area contributed by atoms with E-state index in [2.05, 4.69) is 5.32 Å². The molecule has 5 nitrogen and oxygen atoms in total. The highest BCUT2D eigenvalue weighted by Gasteiger charge is 2.15. The van der Waals surface area contributed by atoms with Crippen molar-refractivity contribution in [2.24, 2.45) is 11.7 Å². The minimum atomic E-state index is -0.0632. The Morgan fingerprint density at radius 1 is 1.50 bits per heavy atom. The zero-order chi connectivity index (χ0) is 11.0. The number of rotatable bonds is 7. The molecule has 0 aromatic carbocycles. The molecule has 0 radical (unpaired) electrons. The van der Waals surface area contributed by atoms with Crippen molar-refractivity contribution < 1.29 is 9.90 Å². The molecule has 0 aliphatic heterocycles. The molecule has 0 atom stereocenters. The van der Waals surface area contributed by atoms with E-state index in [0.29, 0.717) is 26.2 Å². The van der Waals surface area contributed by atoms with Gasteiger partial charge in [0.15, 0.2) is 0 Å². The van der Waals surface area contributed by atoms with Gasteiger partial charge in [-0.1, -0.05) is 13.8 Å². The fraction of sp³-hybridized carbons (Fsp3) is 0.889. The van der Waals surface area contributed by atoms with E-state index in [1.54, 1.807) is 4.90 Å². The number of aliphatic hydroxyl groups excluding tert-OH is 1. The Kier molecular flexibility index (Phi) is 7.37. The molecular formula is C9H21N3O2. The molecule has 0 aliphatic rings. The second-order valence-electron chi connectivity index (χ2n) is 3.43. The lowest BCUT2D eigenvalue weighted by molar-refractivity contribution is -0.134. The first-order valence-corrected chi connectivity index (χ1v) is 4.94. The molecule has 84 valence electrons. The molecule has 0 fully saturated rings. The SMILES string of the molecule is CC(C)C(=O)N(CCN)CCNCO.